The number of carbonyl (C=O) groups excluding carboxylic acids is 1. The molecule has 2 amide bonds. The second-order valence-corrected chi connectivity index (χ2v) is 3.42. The Hall–Kier alpha value is -1.26. The van der Waals surface area contributed by atoms with E-state index in [0.29, 0.717) is 6.42 Å². The van der Waals surface area contributed by atoms with Gasteiger partial charge in [-0.25, -0.2) is 4.79 Å². The molecule has 0 unspecified atom stereocenters. The second-order valence-electron chi connectivity index (χ2n) is 3.42. The Morgan fingerprint density at radius 2 is 2.21 bits per heavy atom. The predicted octanol–water partition coefficient (Wildman–Crippen LogP) is 0.657. The number of carbonyl (C=O) groups is 2. The first kappa shape index (κ1) is 10.8. The number of rotatable bonds is 6. The first-order valence-electron chi connectivity index (χ1n) is 4.95. The number of hydrogen-bond acceptors (Lipinski definition) is 2. The van der Waals surface area contributed by atoms with Gasteiger partial charge in [0.1, 0.15) is 0 Å². The van der Waals surface area contributed by atoms with Gasteiger partial charge in [0.25, 0.3) is 0 Å². The highest BCUT2D eigenvalue weighted by atomic mass is 16.4. The van der Waals surface area contributed by atoms with Crippen molar-refractivity contribution in [3.63, 3.8) is 0 Å². The molecule has 1 fully saturated rings. The molecule has 0 aromatic heterocycles. The molecule has 1 rings (SSSR count). The molecule has 1 aliphatic heterocycles. The molecule has 0 aromatic carbocycles. The number of hydrogen-bond donors (Lipinski definition) is 2. The summed E-state index contributed by atoms with van der Waals surface area (Å²) in [6.45, 7) is 2.25. The van der Waals surface area contributed by atoms with Crippen LogP contribution in [0.1, 0.15) is 25.7 Å². The van der Waals surface area contributed by atoms with E-state index < -0.39 is 5.97 Å². The van der Waals surface area contributed by atoms with Crippen molar-refractivity contribution in [1.82, 2.24) is 10.2 Å². The van der Waals surface area contributed by atoms with Gasteiger partial charge in [-0.05, 0) is 12.8 Å². The van der Waals surface area contributed by atoms with Crippen molar-refractivity contribution in [2.75, 3.05) is 19.6 Å². The van der Waals surface area contributed by atoms with E-state index in [1.807, 2.05) is 0 Å². The second kappa shape index (κ2) is 5.47. The van der Waals surface area contributed by atoms with E-state index in [-0.39, 0.29) is 12.5 Å². The fourth-order valence-electron chi connectivity index (χ4n) is 1.48. The van der Waals surface area contributed by atoms with Gasteiger partial charge in [0.05, 0.1) is 0 Å². The van der Waals surface area contributed by atoms with Gasteiger partial charge >= 0.3 is 12.0 Å². The molecular formula is C9H16N2O3. The zero-order valence-corrected chi connectivity index (χ0v) is 8.16. The van der Waals surface area contributed by atoms with Crippen LogP contribution < -0.4 is 5.32 Å². The summed E-state index contributed by atoms with van der Waals surface area (Å²) < 4.78 is 0. The molecular weight excluding hydrogens is 184 g/mol. The Morgan fingerprint density at radius 1 is 1.43 bits per heavy atom. The number of nitrogens with one attached hydrogen (secondary N) is 1. The lowest BCUT2D eigenvalue weighted by Gasteiger charge is -2.12. The number of carboxylic acid groups (broad SMARTS) is 1. The zero-order valence-electron chi connectivity index (χ0n) is 8.16. The van der Waals surface area contributed by atoms with Gasteiger partial charge in [0.15, 0.2) is 0 Å². The molecule has 0 aromatic rings. The molecule has 0 aliphatic carbocycles. The highest BCUT2D eigenvalue weighted by Gasteiger charge is 2.17. The summed E-state index contributed by atoms with van der Waals surface area (Å²) in [5, 5.41) is 11.1. The number of nitrogens with zero attached hydrogens (tertiary/aromatic N) is 1. The lowest BCUT2D eigenvalue weighted by atomic mass is 10.2. The van der Waals surface area contributed by atoms with Crippen LogP contribution in [0.2, 0.25) is 0 Å². The van der Waals surface area contributed by atoms with E-state index in [9.17, 15) is 9.59 Å². The molecule has 0 spiro atoms. The predicted molar refractivity (Wildman–Crippen MR) is 51.1 cm³/mol. The van der Waals surface area contributed by atoms with Crippen LogP contribution in [0.4, 0.5) is 4.79 Å². The molecule has 14 heavy (non-hydrogen) atoms. The van der Waals surface area contributed by atoms with Gasteiger partial charge in [0, 0.05) is 26.1 Å². The van der Waals surface area contributed by atoms with Crippen LogP contribution in [-0.4, -0.2) is 41.6 Å². The molecule has 1 aliphatic rings. The molecule has 5 heteroatoms. The quantitative estimate of drug-likeness (QED) is 0.619. The third-order valence-corrected chi connectivity index (χ3v) is 2.26. The molecule has 0 atom stereocenters. The molecule has 1 heterocycles. The summed E-state index contributed by atoms with van der Waals surface area (Å²) in [6, 6.07) is 0.00299. The van der Waals surface area contributed by atoms with Crippen molar-refractivity contribution >= 4 is 12.0 Å². The molecule has 5 nitrogen and oxygen atoms in total. The maximum absolute atomic E-state index is 11.1. The van der Waals surface area contributed by atoms with Crippen LogP contribution in [0, 0.1) is 0 Å². The van der Waals surface area contributed by atoms with Crippen LogP contribution in [-0.2, 0) is 4.79 Å². The number of unbranched alkanes of at least 4 members (excludes halogenated alkanes) is 2. The first-order chi connectivity index (χ1) is 6.70. The highest BCUT2D eigenvalue weighted by molar-refractivity contribution is 5.76. The van der Waals surface area contributed by atoms with E-state index in [0.717, 1.165) is 32.5 Å². The lowest BCUT2D eigenvalue weighted by molar-refractivity contribution is -0.137. The van der Waals surface area contributed by atoms with Crippen LogP contribution in [0.3, 0.4) is 0 Å². The van der Waals surface area contributed by atoms with Crippen LogP contribution in [0.5, 0.6) is 0 Å². The highest BCUT2D eigenvalue weighted by Crippen LogP contribution is 2.04. The monoisotopic (exact) mass is 200 g/mol. The largest absolute Gasteiger partial charge is 0.481 e. The van der Waals surface area contributed by atoms with E-state index in [1.165, 1.54) is 0 Å². The Balaban J connectivity index is 1.98. The Bertz CT molecular complexity index is 218. The van der Waals surface area contributed by atoms with Gasteiger partial charge in [-0.1, -0.05) is 6.42 Å². The Morgan fingerprint density at radius 3 is 2.79 bits per heavy atom. The van der Waals surface area contributed by atoms with Crippen LogP contribution in [0.25, 0.3) is 0 Å². The summed E-state index contributed by atoms with van der Waals surface area (Å²) >= 11 is 0. The average molecular weight is 200 g/mol. The first-order valence-corrected chi connectivity index (χ1v) is 4.95. The smallest absolute Gasteiger partial charge is 0.317 e. The number of aliphatic carboxylic acids is 1. The van der Waals surface area contributed by atoms with Gasteiger partial charge in [-0.15, -0.1) is 0 Å². The fourth-order valence-corrected chi connectivity index (χ4v) is 1.48. The number of urea groups is 1. The van der Waals surface area contributed by atoms with E-state index >= 15 is 0 Å². The summed E-state index contributed by atoms with van der Waals surface area (Å²) in [5.74, 6) is -0.746. The minimum atomic E-state index is -0.746. The topological polar surface area (TPSA) is 69.6 Å². The van der Waals surface area contributed by atoms with Crippen molar-refractivity contribution in [1.29, 1.82) is 0 Å². The maximum Gasteiger partial charge on any atom is 0.317 e. The van der Waals surface area contributed by atoms with Crippen LogP contribution in [0.15, 0.2) is 0 Å². The van der Waals surface area contributed by atoms with E-state index in [4.69, 9.17) is 5.11 Å². The maximum atomic E-state index is 11.1. The summed E-state index contributed by atoms with van der Waals surface area (Å²) in [7, 11) is 0. The summed E-state index contributed by atoms with van der Waals surface area (Å²) in [6.07, 6.45) is 2.69. The fraction of sp³-hybridized carbons (Fsp3) is 0.778. The van der Waals surface area contributed by atoms with Gasteiger partial charge < -0.3 is 15.3 Å². The Kier molecular flexibility index (Phi) is 4.22. The normalized spacial score (nSPS) is 15.7. The van der Waals surface area contributed by atoms with Crippen molar-refractivity contribution in [2.45, 2.75) is 25.7 Å². The standard InChI is InChI=1S/C9H16N2O3/c12-8(13)4-2-1-3-6-11-7-5-10-9(11)14/h1-7H2,(H,10,14)(H,12,13). The van der Waals surface area contributed by atoms with Gasteiger partial charge in [-0.3, -0.25) is 4.79 Å². The molecule has 0 radical (unpaired) electrons. The number of amides is 2. The minimum absolute atomic E-state index is 0.00299. The van der Waals surface area contributed by atoms with Crippen molar-refractivity contribution in [2.24, 2.45) is 0 Å². The van der Waals surface area contributed by atoms with Crippen molar-refractivity contribution < 1.29 is 14.7 Å². The third kappa shape index (κ3) is 3.64. The average Bonchev–Trinajstić information content (AvgIpc) is 2.51. The summed E-state index contributed by atoms with van der Waals surface area (Å²) in [5.41, 5.74) is 0. The zero-order chi connectivity index (χ0) is 10.4. The minimum Gasteiger partial charge on any atom is -0.481 e. The molecule has 2 N–H and O–H groups in total. The molecule has 80 valence electrons. The van der Waals surface area contributed by atoms with E-state index in [2.05, 4.69) is 5.32 Å². The molecule has 1 saturated heterocycles. The van der Waals surface area contributed by atoms with Crippen molar-refractivity contribution in [3.05, 3.63) is 0 Å². The summed E-state index contributed by atoms with van der Waals surface area (Å²) in [4.78, 5) is 23.0. The lowest BCUT2D eigenvalue weighted by Crippen LogP contribution is -2.28. The third-order valence-electron chi connectivity index (χ3n) is 2.26. The molecule has 0 bridgehead atoms. The number of carboxylic acids is 1. The SMILES string of the molecule is O=C(O)CCCCCN1CCNC1=O. The molecule has 0 saturated carbocycles. The van der Waals surface area contributed by atoms with Crippen LogP contribution >= 0.6 is 0 Å². The van der Waals surface area contributed by atoms with Gasteiger partial charge in [-0.2, -0.15) is 0 Å². The van der Waals surface area contributed by atoms with Gasteiger partial charge in [0.2, 0.25) is 0 Å². The van der Waals surface area contributed by atoms with E-state index in [1.54, 1.807) is 4.90 Å². The van der Waals surface area contributed by atoms with Crippen molar-refractivity contribution in [3.8, 4) is 0 Å². The Labute approximate surface area is 83.1 Å².